The number of nitrogens with one attached hydrogen (secondary N) is 1. The van der Waals surface area contributed by atoms with E-state index in [0.29, 0.717) is 10.8 Å². The van der Waals surface area contributed by atoms with Gasteiger partial charge in [-0.3, -0.25) is 0 Å². The molecule has 1 aliphatic rings. The summed E-state index contributed by atoms with van der Waals surface area (Å²) in [5.41, 5.74) is 1.06. The fraction of sp³-hybridized carbons (Fsp3) is 0.538. The predicted molar refractivity (Wildman–Crippen MR) is 72.0 cm³/mol. The zero-order valence-electron chi connectivity index (χ0n) is 10.9. The Morgan fingerprint density at radius 2 is 1.94 bits per heavy atom. The van der Waals surface area contributed by atoms with Crippen LogP contribution < -0.4 is 14.8 Å². The maximum Gasteiger partial charge on any atom is 0.145 e. The van der Waals surface area contributed by atoms with Crippen LogP contribution in [-0.4, -0.2) is 34.0 Å². The van der Waals surface area contributed by atoms with E-state index in [2.05, 4.69) is 12.2 Å². The molecule has 100 valence electrons. The second-order valence-corrected chi connectivity index (χ2v) is 5.25. The van der Waals surface area contributed by atoms with Gasteiger partial charge in [-0.05, 0) is 6.07 Å². The minimum Gasteiger partial charge on any atom is -0.495 e. The van der Waals surface area contributed by atoms with Crippen LogP contribution in [0.15, 0.2) is 12.1 Å². The van der Waals surface area contributed by atoms with Gasteiger partial charge in [0.2, 0.25) is 0 Å². The Hall–Kier alpha value is -1.13. The highest BCUT2D eigenvalue weighted by molar-refractivity contribution is 6.32. The summed E-state index contributed by atoms with van der Waals surface area (Å²) in [4.78, 5) is 0. The molecule has 1 heterocycles. The molecule has 0 aromatic heterocycles. The molecule has 0 radical (unpaired) electrons. The second kappa shape index (κ2) is 5.24. The van der Waals surface area contributed by atoms with Crippen LogP contribution in [0.5, 0.6) is 11.5 Å². The van der Waals surface area contributed by atoms with Crippen LogP contribution in [0, 0.1) is 5.41 Å². The molecule has 0 bridgehead atoms. The lowest BCUT2D eigenvalue weighted by atomic mass is 9.88. The Morgan fingerprint density at radius 1 is 1.28 bits per heavy atom. The average Bonchev–Trinajstić information content (AvgIpc) is 2.34. The van der Waals surface area contributed by atoms with Crippen LogP contribution in [-0.2, 0) is 4.74 Å². The molecule has 0 spiro atoms. The first-order valence-electron chi connectivity index (χ1n) is 5.81. The topological polar surface area (TPSA) is 39.7 Å². The van der Waals surface area contributed by atoms with Crippen molar-refractivity contribution in [2.75, 3.05) is 39.3 Å². The van der Waals surface area contributed by atoms with E-state index < -0.39 is 0 Å². The van der Waals surface area contributed by atoms with Crippen LogP contribution in [0.1, 0.15) is 6.92 Å². The minimum atomic E-state index is 0.192. The normalized spacial score (nSPS) is 16.9. The van der Waals surface area contributed by atoms with Crippen molar-refractivity contribution in [1.82, 2.24) is 0 Å². The van der Waals surface area contributed by atoms with Gasteiger partial charge in [0.05, 0.1) is 38.1 Å². The van der Waals surface area contributed by atoms with Gasteiger partial charge < -0.3 is 19.5 Å². The quantitative estimate of drug-likeness (QED) is 0.894. The molecule has 2 rings (SSSR count). The molecule has 0 amide bonds. The number of rotatable bonds is 5. The van der Waals surface area contributed by atoms with Crippen molar-refractivity contribution in [1.29, 1.82) is 0 Å². The summed E-state index contributed by atoms with van der Waals surface area (Å²) in [5, 5.41) is 3.92. The Kier molecular flexibility index (Phi) is 3.88. The summed E-state index contributed by atoms with van der Waals surface area (Å²) in [6, 6.07) is 3.60. The number of methoxy groups -OCH3 is 2. The minimum absolute atomic E-state index is 0.192. The molecule has 1 aromatic rings. The van der Waals surface area contributed by atoms with E-state index in [1.165, 1.54) is 0 Å². The molecule has 1 N–H and O–H groups in total. The maximum atomic E-state index is 6.11. The van der Waals surface area contributed by atoms with Gasteiger partial charge >= 0.3 is 0 Å². The fourth-order valence-electron chi connectivity index (χ4n) is 1.86. The summed E-state index contributed by atoms with van der Waals surface area (Å²) in [6.07, 6.45) is 0. The van der Waals surface area contributed by atoms with E-state index >= 15 is 0 Å². The standard InChI is InChI=1S/C13H18ClNO3/c1-13(7-18-8-13)6-15-10-4-9(14)11(16-2)5-12(10)17-3/h4-5,15H,6-8H2,1-3H3. The van der Waals surface area contributed by atoms with Gasteiger partial charge in [-0.2, -0.15) is 0 Å². The second-order valence-electron chi connectivity index (χ2n) is 4.84. The first-order chi connectivity index (χ1) is 8.58. The number of halogens is 1. The number of anilines is 1. The number of ether oxygens (including phenoxy) is 3. The van der Waals surface area contributed by atoms with E-state index in [0.717, 1.165) is 31.2 Å². The van der Waals surface area contributed by atoms with Gasteiger partial charge in [-0.1, -0.05) is 18.5 Å². The molecule has 1 fully saturated rings. The first kappa shape index (κ1) is 13.3. The first-order valence-corrected chi connectivity index (χ1v) is 6.19. The number of benzene rings is 1. The molecule has 1 aliphatic heterocycles. The molecule has 5 heteroatoms. The Morgan fingerprint density at radius 3 is 2.44 bits per heavy atom. The van der Waals surface area contributed by atoms with Gasteiger partial charge in [0.15, 0.2) is 0 Å². The van der Waals surface area contributed by atoms with Gasteiger partial charge in [0.25, 0.3) is 0 Å². The number of hydrogen-bond acceptors (Lipinski definition) is 4. The van der Waals surface area contributed by atoms with Crippen molar-refractivity contribution in [2.45, 2.75) is 6.92 Å². The average molecular weight is 272 g/mol. The van der Waals surface area contributed by atoms with E-state index in [-0.39, 0.29) is 5.41 Å². The van der Waals surface area contributed by atoms with Crippen LogP contribution >= 0.6 is 11.6 Å². The van der Waals surface area contributed by atoms with Gasteiger partial charge in [0, 0.05) is 18.0 Å². The Balaban J connectivity index is 2.13. The Labute approximate surface area is 112 Å². The number of hydrogen-bond donors (Lipinski definition) is 1. The van der Waals surface area contributed by atoms with Crippen LogP contribution in [0.3, 0.4) is 0 Å². The third kappa shape index (κ3) is 2.65. The van der Waals surface area contributed by atoms with Gasteiger partial charge in [0.1, 0.15) is 11.5 Å². The van der Waals surface area contributed by atoms with E-state index in [4.69, 9.17) is 25.8 Å². The maximum absolute atomic E-state index is 6.11. The molecule has 1 saturated heterocycles. The predicted octanol–water partition coefficient (Wildman–Crippen LogP) is 2.81. The Bertz CT molecular complexity index is 432. The van der Waals surface area contributed by atoms with Crippen LogP contribution in [0.2, 0.25) is 5.02 Å². The summed E-state index contributed by atoms with van der Waals surface area (Å²) in [5.74, 6) is 1.33. The van der Waals surface area contributed by atoms with Crippen molar-refractivity contribution in [3.8, 4) is 11.5 Å². The fourth-order valence-corrected chi connectivity index (χ4v) is 2.10. The summed E-state index contributed by atoms with van der Waals surface area (Å²) in [6.45, 7) is 4.57. The molecular formula is C13H18ClNO3. The monoisotopic (exact) mass is 271 g/mol. The lowest BCUT2D eigenvalue weighted by molar-refractivity contribution is -0.0924. The van der Waals surface area contributed by atoms with Gasteiger partial charge in [-0.25, -0.2) is 0 Å². The van der Waals surface area contributed by atoms with Gasteiger partial charge in [-0.15, -0.1) is 0 Å². The lowest BCUT2D eigenvalue weighted by Crippen LogP contribution is -2.45. The third-order valence-corrected chi connectivity index (χ3v) is 3.38. The molecular weight excluding hydrogens is 254 g/mol. The van der Waals surface area contributed by atoms with Crippen molar-refractivity contribution in [2.24, 2.45) is 5.41 Å². The lowest BCUT2D eigenvalue weighted by Gasteiger charge is -2.38. The van der Waals surface area contributed by atoms with Crippen LogP contribution in [0.25, 0.3) is 0 Å². The highest BCUT2D eigenvalue weighted by Gasteiger charge is 2.33. The zero-order valence-corrected chi connectivity index (χ0v) is 11.6. The summed E-state index contributed by atoms with van der Waals surface area (Å²) < 4.78 is 15.7. The SMILES string of the molecule is COc1cc(OC)c(NCC2(C)COC2)cc1Cl. The highest BCUT2D eigenvalue weighted by Crippen LogP contribution is 2.37. The van der Waals surface area contributed by atoms with Crippen molar-refractivity contribution >= 4 is 17.3 Å². The molecule has 0 saturated carbocycles. The zero-order chi connectivity index (χ0) is 13.2. The highest BCUT2D eigenvalue weighted by atomic mass is 35.5. The summed E-state index contributed by atoms with van der Waals surface area (Å²) in [7, 11) is 3.21. The van der Waals surface area contributed by atoms with E-state index in [1.807, 2.05) is 6.07 Å². The largest absolute Gasteiger partial charge is 0.495 e. The van der Waals surface area contributed by atoms with Crippen molar-refractivity contribution in [3.05, 3.63) is 17.2 Å². The molecule has 0 atom stereocenters. The van der Waals surface area contributed by atoms with Crippen molar-refractivity contribution in [3.63, 3.8) is 0 Å². The molecule has 0 unspecified atom stereocenters. The summed E-state index contributed by atoms with van der Waals surface area (Å²) >= 11 is 6.11. The van der Waals surface area contributed by atoms with E-state index in [1.54, 1.807) is 20.3 Å². The molecule has 4 nitrogen and oxygen atoms in total. The molecule has 1 aromatic carbocycles. The smallest absolute Gasteiger partial charge is 0.145 e. The molecule has 0 aliphatic carbocycles. The van der Waals surface area contributed by atoms with Crippen molar-refractivity contribution < 1.29 is 14.2 Å². The van der Waals surface area contributed by atoms with E-state index in [9.17, 15) is 0 Å². The molecule has 18 heavy (non-hydrogen) atoms. The third-order valence-electron chi connectivity index (χ3n) is 3.08. The van der Waals surface area contributed by atoms with Crippen LogP contribution in [0.4, 0.5) is 5.69 Å².